The number of carbonyl (C=O) groups excluding carboxylic acids is 1. The van der Waals surface area contributed by atoms with E-state index in [0.717, 1.165) is 0 Å². The van der Waals surface area contributed by atoms with Crippen molar-refractivity contribution in [3.63, 3.8) is 0 Å². The lowest BCUT2D eigenvalue weighted by molar-refractivity contribution is -0.118. The van der Waals surface area contributed by atoms with Gasteiger partial charge in [0.05, 0.1) is 6.20 Å². The van der Waals surface area contributed by atoms with Crippen LogP contribution in [0.15, 0.2) is 6.20 Å². The van der Waals surface area contributed by atoms with Crippen LogP contribution in [-0.4, -0.2) is 21.4 Å². The summed E-state index contributed by atoms with van der Waals surface area (Å²) in [6, 6.07) is 0. The first-order valence-corrected chi connectivity index (χ1v) is 5.27. The lowest BCUT2D eigenvalue weighted by Gasteiger charge is -2.25. The molecule has 7 nitrogen and oxygen atoms in total. The number of amides is 1. The molecule has 1 aromatic heterocycles. The number of hydrazine groups is 1. The summed E-state index contributed by atoms with van der Waals surface area (Å²) in [7, 11) is 0. The molecule has 1 rings (SSSR count). The van der Waals surface area contributed by atoms with Crippen LogP contribution in [0, 0.1) is 0 Å². The summed E-state index contributed by atoms with van der Waals surface area (Å²) in [6.07, 6.45) is 1.56. The topological polar surface area (TPSA) is 119 Å². The Labute approximate surface area is 104 Å². The highest BCUT2D eigenvalue weighted by Gasteiger charge is 2.22. The molecule has 17 heavy (non-hydrogen) atoms. The molecule has 0 unspecified atom stereocenters. The molecule has 1 aromatic rings. The number of nitrogens with one attached hydrogen (secondary N) is 2. The van der Waals surface area contributed by atoms with Gasteiger partial charge in [0.1, 0.15) is 5.02 Å². The van der Waals surface area contributed by atoms with Gasteiger partial charge in [-0.3, -0.25) is 10.2 Å². The third-order valence-corrected chi connectivity index (χ3v) is 2.22. The summed E-state index contributed by atoms with van der Waals surface area (Å²) in [5.74, 6) is 5.40. The van der Waals surface area contributed by atoms with Gasteiger partial charge < -0.3 is 11.1 Å². The number of halogens is 1. The predicted molar refractivity (Wildman–Crippen MR) is 66.4 cm³/mol. The van der Waals surface area contributed by atoms with Crippen molar-refractivity contribution in [3.05, 3.63) is 11.2 Å². The summed E-state index contributed by atoms with van der Waals surface area (Å²) >= 11 is 5.92. The molecule has 0 saturated heterocycles. The molecule has 0 saturated carbocycles. The van der Waals surface area contributed by atoms with Crippen LogP contribution in [0.5, 0.6) is 0 Å². The van der Waals surface area contributed by atoms with Crippen molar-refractivity contribution < 1.29 is 4.79 Å². The second-order valence-corrected chi connectivity index (χ2v) is 4.59. The van der Waals surface area contributed by atoms with E-state index in [1.807, 2.05) is 13.8 Å². The largest absolute Gasteiger partial charge is 0.370 e. The molecule has 8 heteroatoms. The fourth-order valence-corrected chi connectivity index (χ4v) is 1.46. The molecule has 0 aliphatic heterocycles. The SMILES string of the molecule is CC(C)(CC(N)=O)Nc1nc(NN)ncc1Cl. The average Bonchev–Trinajstić information content (AvgIpc) is 2.19. The van der Waals surface area contributed by atoms with E-state index in [2.05, 4.69) is 20.7 Å². The number of hydrogen-bond donors (Lipinski definition) is 4. The van der Waals surface area contributed by atoms with Gasteiger partial charge in [-0.1, -0.05) is 11.6 Å². The minimum atomic E-state index is -0.560. The van der Waals surface area contributed by atoms with Crippen LogP contribution >= 0.6 is 11.6 Å². The molecule has 0 fully saturated rings. The summed E-state index contributed by atoms with van der Waals surface area (Å²) < 4.78 is 0. The van der Waals surface area contributed by atoms with Gasteiger partial charge in [0.2, 0.25) is 11.9 Å². The number of rotatable bonds is 5. The van der Waals surface area contributed by atoms with Gasteiger partial charge in [-0.15, -0.1) is 0 Å². The first-order valence-electron chi connectivity index (χ1n) is 4.90. The standard InChI is InChI=1S/C9H15ClN6O/c1-9(2,3-6(11)17)15-7-5(10)4-13-8(14-7)16-12/h4H,3,12H2,1-2H3,(H2,11,17)(H2,13,14,15,16). The van der Waals surface area contributed by atoms with Crippen LogP contribution in [-0.2, 0) is 4.79 Å². The number of primary amides is 1. The van der Waals surface area contributed by atoms with Crippen LogP contribution in [0.25, 0.3) is 0 Å². The normalized spacial score (nSPS) is 11.1. The van der Waals surface area contributed by atoms with Crippen molar-refractivity contribution in [2.45, 2.75) is 25.8 Å². The molecule has 0 radical (unpaired) electrons. The van der Waals surface area contributed by atoms with E-state index in [9.17, 15) is 4.79 Å². The Morgan fingerprint density at radius 3 is 2.76 bits per heavy atom. The molecule has 0 aliphatic rings. The van der Waals surface area contributed by atoms with Gasteiger partial charge in [-0.25, -0.2) is 10.8 Å². The average molecular weight is 259 g/mol. The molecule has 94 valence electrons. The predicted octanol–water partition coefficient (Wildman–Crippen LogP) is 0.481. The highest BCUT2D eigenvalue weighted by molar-refractivity contribution is 6.32. The number of nitrogen functional groups attached to an aromatic ring is 1. The van der Waals surface area contributed by atoms with E-state index in [1.165, 1.54) is 6.20 Å². The Hall–Kier alpha value is -1.60. The van der Waals surface area contributed by atoms with Crippen LogP contribution in [0.4, 0.5) is 11.8 Å². The zero-order chi connectivity index (χ0) is 13.1. The Kier molecular flexibility index (Phi) is 4.08. The van der Waals surface area contributed by atoms with E-state index in [4.69, 9.17) is 23.2 Å². The molecule has 0 bridgehead atoms. The van der Waals surface area contributed by atoms with Gasteiger partial charge in [0.25, 0.3) is 0 Å². The number of anilines is 2. The van der Waals surface area contributed by atoms with E-state index in [-0.39, 0.29) is 12.4 Å². The highest BCUT2D eigenvalue weighted by Crippen LogP contribution is 2.24. The smallest absolute Gasteiger partial charge is 0.239 e. The molecule has 0 spiro atoms. The third kappa shape index (κ3) is 4.04. The molecule has 1 heterocycles. The van der Waals surface area contributed by atoms with Crippen molar-refractivity contribution in [3.8, 4) is 0 Å². The first kappa shape index (κ1) is 13.5. The number of carbonyl (C=O) groups is 1. The Morgan fingerprint density at radius 1 is 1.59 bits per heavy atom. The maximum absolute atomic E-state index is 10.9. The first-order chi connectivity index (χ1) is 7.84. The number of nitrogens with zero attached hydrogens (tertiary/aromatic N) is 2. The molecule has 0 aromatic carbocycles. The number of aromatic nitrogens is 2. The van der Waals surface area contributed by atoms with Crippen LogP contribution in [0.2, 0.25) is 5.02 Å². The van der Waals surface area contributed by atoms with Gasteiger partial charge >= 0.3 is 0 Å². The highest BCUT2D eigenvalue weighted by atomic mass is 35.5. The van der Waals surface area contributed by atoms with Gasteiger partial charge in [-0.2, -0.15) is 4.98 Å². The lowest BCUT2D eigenvalue weighted by Crippen LogP contribution is -2.36. The van der Waals surface area contributed by atoms with E-state index < -0.39 is 11.4 Å². The maximum atomic E-state index is 10.9. The zero-order valence-electron chi connectivity index (χ0n) is 9.62. The van der Waals surface area contributed by atoms with Gasteiger partial charge in [0, 0.05) is 12.0 Å². The molecule has 0 aliphatic carbocycles. The van der Waals surface area contributed by atoms with E-state index in [0.29, 0.717) is 10.8 Å². The molecule has 0 atom stereocenters. The van der Waals surface area contributed by atoms with Crippen LogP contribution < -0.4 is 22.3 Å². The molecule has 6 N–H and O–H groups in total. The second-order valence-electron chi connectivity index (χ2n) is 4.19. The second kappa shape index (κ2) is 5.15. The van der Waals surface area contributed by atoms with Crippen molar-refractivity contribution in [1.29, 1.82) is 0 Å². The Morgan fingerprint density at radius 2 is 2.24 bits per heavy atom. The quantitative estimate of drug-likeness (QED) is 0.451. The number of nitrogens with two attached hydrogens (primary N) is 2. The summed E-state index contributed by atoms with van der Waals surface area (Å²) in [4.78, 5) is 18.8. The maximum Gasteiger partial charge on any atom is 0.239 e. The van der Waals surface area contributed by atoms with Crippen molar-refractivity contribution >= 4 is 29.3 Å². The molecule has 1 amide bonds. The zero-order valence-corrected chi connectivity index (χ0v) is 10.4. The minimum Gasteiger partial charge on any atom is -0.370 e. The van der Waals surface area contributed by atoms with Gasteiger partial charge in [-0.05, 0) is 13.8 Å². The molecular formula is C9H15ClN6O. The van der Waals surface area contributed by atoms with Crippen LogP contribution in [0.1, 0.15) is 20.3 Å². The minimum absolute atomic E-state index is 0.152. The fourth-order valence-electron chi connectivity index (χ4n) is 1.32. The fraction of sp³-hybridized carbons (Fsp3) is 0.444. The summed E-state index contributed by atoms with van der Waals surface area (Å²) in [5, 5.41) is 3.35. The van der Waals surface area contributed by atoms with E-state index in [1.54, 1.807) is 0 Å². The van der Waals surface area contributed by atoms with Crippen molar-refractivity contribution in [2.75, 3.05) is 10.7 Å². The summed E-state index contributed by atoms with van der Waals surface area (Å²) in [6.45, 7) is 3.62. The number of hydrogen-bond acceptors (Lipinski definition) is 6. The lowest BCUT2D eigenvalue weighted by atomic mass is 10.0. The summed E-state index contributed by atoms with van der Waals surface area (Å²) in [5.41, 5.74) is 6.90. The monoisotopic (exact) mass is 258 g/mol. The van der Waals surface area contributed by atoms with Crippen molar-refractivity contribution in [1.82, 2.24) is 9.97 Å². The Balaban J connectivity index is 2.89. The third-order valence-electron chi connectivity index (χ3n) is 1.95. The Bertz CT molecular complexity index is 422. The van der Waals surface area contributed by atoms with E-state index >= 15 is 0 Å². The van der Waals surface area contributed by atoms with Crippen molar-refractivity contribution in [2.24, 2.45) is 11.6 Å². The van der Waals surface area contributed by atoms with Gasteiger partial charge in [0.15, 0.2) is 5.82 Å². The molecular weight excluding hydrogens is 244 g/mol. The van der Waals surface area contributed by atoms with Crippen LogP contribution in [0.3, 0.4) is 0 Å².